The summed E-state index contributed by atoms with van der Waals surface area (Å²) in [6, 6.07) is 10.2. The lowest BCUT2D eigenvalue weighted by Gasteiger charge is -2.35. The average molecular weight is 417 g/mol. The quantitative estimate of drug-likeness (QED) is 0.553. The fourth-order valence-corrected chi connectivity index (χ4v) is 4.22. The first-order chi connectivity index (χ1) is 13.9. The lowest BCUT2D eigenvalue weighted by atomic mass is 10.1. The highest BCUT2D eigenvalue weighted by Crippen LogP contribution is 2.23. The molecule has 1 aliphatic rings. The van der Waals surface area contributed by atoms with Crippen LogP contribution < -0.4 is 5.32 Å². The minimum absolute atomic E-state index is 0.0205. The first-order valence-corrected chi connectivity index (χ1v) is 10.3. The van der Waals surface area contributed by atoms with Gasteiger partial charge in [-0.05, 0) is 17.0 Å². The fourth-order valence-electron chi connectivity index (χ4n) is 3.44. The minimum Gasteiger partial charge on any atom is -0.348 e. The van der Waals surface area contributed by atoms with Gasteiger partial charge in [0.2, 0.25) is 11.8 Å². The van der Waals surface area contributed by atoms with E-state index in [1.807, 2.05) is 28.5 Å². The van der Waals surface area contributed by atoms with Crippen molar-refractivity contribution in [3.63, 3.8) is 0 Å². The standard InChI is InChI=1S/C20H24N4O4S/c1-15(25)21-18(19-6-3-11-29-19)13-20(26)23-9-7-22(8-10-23)14-16-4-2-5-17(12-16)24(27)28/h2-6,11-12,18H,7-10,13-14H2,1H3,(H,21,25). The van der Waals surface area contributed by atoms with Crippen LogP contribution in [0.4, 0.5) is 5.69 Å². The van der Waals surface area contributed by atoms with Crippen molar-refractivity contribution >= 4 is 28.8 Å². The summed E-state index contributed by atoms with van der Waals surface area (Å²) in [5.74, 6) is -0.134. The second-order valence-electron chi connectivity index (χ2n) is 7.06. The summed E-state index contributed by atoms with van der Waals surface area (Å²) in [7, 11) is 0. The Hall–Kier alpha value is -2.78. The molecule has 1 saturated heterocycles. The van der Waals surface area contributed by atoms with Crippen molar-refractivity contribution < 1.29 is 14.5 Å². The smallest absolute Gasteiger partial charge is 0.269 e. The first kappa shape index (κ1) is 20.9. The van der Waals surface area contributed by atoms with Gasteiger partial charge in [-0.15, -0.1) is 11.3 Å². The number of nitrogens with one attached hydrogen (secondary N) is 1. The van der Waals surface area contributed by atoms with E-state index in [9.17, 15) is 19.7 Å². The molecule has 1 aromatic carbocycles. The molecular formula is C20H24N4O4S. The number of nitro benzene ring substituents is 1. The van der Waals surface area contributed by atoms with E-state index in [4.69, 9.17) is 0 Å². The number of rotatable bonds is 7. The van der Waals surface area contributed by atoms with Crippen LogP contribution in [-0.4, -0.2) is 52.7 Å². The lowest BCUT2D eigenvalue weighted by molar-refractivity contribution is -0.384. The van der Waals surface area contributed by atoms with Gasteiger partial charge >= 0.3 is 0 Å². The summed E-state index contributed by atoms with van der Waals surface area (Å²) < 4.78 is 0. The van der Waals surface area contributed by atoms with Crippen molar-refractivity contribution in [2.45, 2.75) is 25.9 Å². The van der Waals surface area contributed by atoms with Crippen LogP contribution in [0.5, 0.6) is 0 Å². The van der Waals surface area contributed by atoms with Crippen molar-refractivity contribution in [2.75, 3.05) is 26.2 Å². The second kappa shape index (κ2) is 9.62. The maximum Gasteiger partial charge on any atom is 0.269 e. The Balaban J connectivity index is 1.53. The molecule has 0 spiro atoms. The van der Waals surface area contributed by atoms with Crippen LogP contribution in [0.15, 0.2) is 41.8 Å². The van der Waals surface area contributed by atoms with E-state index in [2.05, 4.69) is 10.2 Å². The van der Waals surface area contributed by atoms with Gasteiger partial charge in [-0.3, -0.25) is 24.6 Å². The maximum atomic E-state index is 12.8. The molecule has 1 aromatic heterocycles. The number of hydrogen-bond acceptors (Lipinski definition) is 6. The number of nitro groups is 1. The third kappa shape index (κ3) is 5.85. The molecule has 0 saturated carbocycles. The van der Waals surface area contributed by atoms with Gasteiger partial charge in [0.15, 0.2) is 0 Å². The maximum absolute atomic E-state index is 12.8. The largest absolute Gasteiger partial charge is 0.348 e. The number of carbonyl (C=O) groups is 2. The number of hydrogen-bond donors (Lipinski definition) is 1. The fraction of sp³-hybridized carbons (Fsp3) is 0.400. The van der Waals surface area contributed by atoms with Crippen LogP contribution in [-0.2, 0) is 16.1 Å². The molecule has 2 heterocycles. The van der Waals surface area contributed by atoms with Crippen LogP contribution in [0.25, 0.3) is 0 Å². The molecule has 0 aliphatic carbocycles. The highest BCUT2D eigenvalue weighted by atomic mass is 32.1. The van der Waals surface area contributed by atoms with Crippen molar-refractivity contribution in [3.8, 4) is 0 Å². The molecule has 154 valence electrons. The Bertz CT molecular complexity index is 863. The summed E-state index contributed by atoms with van der Waals surface area (Å²) >= 11 is 1.52. The van der Waals surface area contributed by atoms with Crippen LogP contribution in [0.3, 0.4) is 0 Å². The molecule has 0 bridgehead atoms. The molecule has 1 N–H and O–H groups in total. The topological polar surface area (TPSA) is 95.8 Å². The van der Waals surface area contributed by atoms with Crippen LogP contribution >= 0.6 is 11.3 Å². The Labute approximate surface area is 173 Å². The number of carbonyl (C=O) groups excluding carboxylic acids is 2. The predicted molar refractivity (Wildman–Crippen MR) is 110 cm³/mol. The molecule has 2 amide bonds. The molecule has 1 unspecified atom stereocenters. The summed E-state index contributed by atoms with van der Waals surface area (Å²) in [6.45, 7) is 4.69. The number of amides is 2. The van der Waals surface area contributed by atoms with Crippen molar-refractivity contribution in [3.05, 3.63) is 62.3 Å². The minimum atomic E-state index is -0.390. The van der Waals surface area contributed by atoms with Gasteiger partial charge in [0, 0.05) is 56.7 Å². The SMILES string of the molecule is CC(=O)NC(CC(=O)N1CCN(Cc2cccc([N+](=O)[O-])c2)CC1)c1cccs1. The van der Waals surface area contributed by atoms with Gasteiger partial charge in [0.1, 0.15) is 0 Å². The van der Waals surface area contributed by atoms with Gasteiger partial charge < -0.3 is 10.2 Å². The Morgan fingerprint density at radius 1 is 1.21 bits per heavy atom. The van der Waals surface area contributed by atoms with Gasteiger partial charge in [-0.25, -0.2) is 0 Å². The number of piperazine rings is 1. The molecule has 0 radical (unpaired) electrons. The van der Waals surface area contributed by atoms with E-state index in [1.165, 1.54) is 24.3 Å². The molecule has 3 rings (SSSR count). The van der Waals surface area contributed by atoms with Crippen LogP contribution in [0.2, 0.25) is 0 Å². The predicted octanol–water partition coefficient (Wildman–Crippen LogP) is 2.57. The van der Waals surface area contributed by atoms with E-state index >= 15 is 0 Å². The summed E-state index contributed by atoms with van der Waals surface area (Å²) in [5, 5.41) is 15.7. The lowest BCUT2D eigenvalue weighted by Crippen LogP contribution is -2.49. The van der Waals surface area contributed by atoms with Crippen LogP contribution in [0, 0.1) is 10.1 Å². The third-order valence-electron chi connectivity index (χ3n) is 4.90. The Morgan fingerprint density at radius 3 is 2.59 bits per heavy atom. The van der Waals surface area contributed by atoms with Crippen molar-refractivity contribution in [2.24, 2.45) is 0 Å². The van der Waals surface area contributed by atoms with Gasteiger partial charge in [-0.2, -0.15) is 0 Å². The third-order valence-corrected chi connectivity index (χ3v) is 5.88. The highest BCUT2D eigenvalue weighted by Gasteiger charge is 2.25. The van der Waals surface area contributed by atoms with E-state index in [0.29, 0.717) is 32.7 Å². The first-order valence-electron chi connectivity index (χ1n) is 9.46. The van der Waals surface area contributed by atoms with E-state index in [0.717, 1.165) is 10.4 Å². The van der Waals surface area contributed by atoms with Gasteiger partial charge in [0.05, 0.1) is 17.4 Å². The van der Waals surface area contributed by atoms with E-state index in [-0.39, 0.29) is 34.9 Å². The zero-order valence-electron chi connectivity index (χ0n) is 16.2. The molecule has 1 aliphatic heterocycles. The zero-order valence-corrected chi connectivity index (χ0v) is 17.1. The highest BCUT2D eigenvalue weighted by molar-refractivity contribution is 7.10. The molecule has 8 nitrogen and oxygen atoms in total. The number of thiophene rings is 1. The zero-order chi connectivity index (χ0) is 20.8. The number of benzene rings is 1. The molecular weight excluding hydrogens is 392 g/mol. The summed E-state index contributed by atoms with van der Waals surface area (Å²) in [4.78, 5) is 39.8. The summed E-state index contributed by atoms with van der Waals surface area (Å²) in [5.41, 5.74) is 0.983. The van der Waals surface area contributed by atoms with Gasteiger partial charge in [0.25, 0.3) is 5.69 Å². The van der Waals surface area contributed by atoms with E-state index < -0.39 is 0 Å². The average Bonchev–Trinajstić information content (AvgIpc) is 3.22. The number of nitrogens with zero attached hydrogens (tertiary/aromatic N) is 3. The van der Waals surface area contributed by atoms with Crippen molar-refractivity contribution in [1.29, 1.82) is 0 Å². The second-order valence-corrected chi connectivity index (χ2v) is 8.04. The van der Waals surface area contributed by atoms with Crippen molar-refractivity contribution in [1.82, 2.24) is 15.1 Å². The molecule has 9 heteroatoms. The normalized spacial score (nSPS) is 15.7. The van der Waals surface area contributed by atoms with Crippen LogP contribution in [0.1, 0.15) is 29.8 Å². The Kier molecular flexibility index (Phi) is 6.95. The van der Waals surface area contributed by atoms with Gasteiger partial charge in [-0.1, -0.05) is 18.2 Å². The number of non-ortho nitro benzene ring substituents is 1. The molecule has 1 atom stereocenters. The molecule has 29 heavy (non-hydrogen) atoms. The molecule has 1 fully saturated rings. The summed E-state index contributed by atoms with van der Waals surface area (Å²) in [6.07, 6.45) is 0.241. The van der Waals surface area contributed by atoms with E-state index in [1.54, 1.807) is 12.1 Å². The molecule has 2 aromatic rings. The Morgan fingerprint density at radius 2 is 1.97 bits per heavy atom. The monoisotopic (exact) mass is 416 g/mol.